The van der Waals surface area contributed by atoms with E-state index in [1.54, 1.807) is 25.3 Å². The highest BCUT2D eigenvalue weighted by atomic mass is 32.1. The molecular weight excluding hydrogens is 350 g/mol. The molecule has 0 saturated carbocycles. The van der Waals surface area contributed by atoms with Crippen molar-refractivity contribution in [1.29, 1.82) is 0 Å². The zero-order valence-corrected chi connectivity index (χ0v) is 15.1. The zero-order chi connectivity index (χ0) is 18.5. The first-order valence-corrected chi connectivity index (χ1v) is 8.67. The van der Waals surface area contributed by atoms with Crippen LogP contribution >= 0.6 is 11.3 Å². The van der Waals surface area contributed by atoms with E-state index in [4.69, 9.17) is 4.74 Å². The average Bonchev–Trinajstić information content (AvgIpc) is 3.01. The summed E-state index contributed by atoms with van der Waals surface area (Å²) in [5.74, 6) is 0.281. The standard InChI is InChI=1S/C19H17N3O3S/c1-12(23)20-14-8-9-15-17(11-14)26-19(21-15)22-18(24)10-7-13-5-3-4-6-16(13)25-2/h3-11H,1-2H3,(H,20,23)(H,21,22,24)/b10-7+. The third-order valence-corrected chi connectivity index (χ3v) is 4.43. The topological polar surface area (TPSA) is 80.3 Å². The van der Waals surface area contributed by atoms with Crippen molar-refractivity contribution in [1.82, 2.24) is 4.98 Å². The Balaban J connectivity index is 1.72. The second kappa shape index (κ2) is 7.79. The van der Waals surface area contributed by atoms with Crippen LogP contribution in [-0.4, -0.2) is 23.9 Å². The SMILES string of the molecule is COc1ccccc1/C=C/C(=O)Nc1nc2ccc(NC(C)=O)cc2s1. The second-order valence-corrected chi connectivity index (χ2v) is 6.48. The Labute approximate surface area is 154 Å². The molecule has 2 aromatic carbocycles. The normalized spacial score (nSPS) is 10.8. The lowest BCUT2D eigenvalue weighted by molar-refractivity contribution is -0.114. The largest absolute Gasteiger partial charge is 0.496 e. The van der Waals surface area contributed by atoms with Crippen molar-refractivity contribution in [2.75, 3.05) is 17.7 Å². The minimum atomic E-state index is -0.281. The maximum Gasteiger partial charge on any atom is 0.250 e. The van der Waals surface area contributed by atoms with Crippen molar-refractivity contribution < 1.29 is 14.3 Å². The van der Waals surface area contributed by atoms with Crippen LogP contribution in [0.1, 0.15) is 12.5 Å². The van der Waals surface area contributed by atoms with Gasteiger partial charge < -0.3 is 10.1 Å². The van der Waals surface area contributed by atoms with E-state index < -0.39 is 0 Å². The fourth-order valence-corrected chi connectivity index (χ4v) is 3.28. The summed E-state index contributed by atoms with van der Waals surface area (Å²) in [6.45, 7) is 1.45. The van der Waals surface area contributed by atoms with Crippen LogP contribution in [0.5, 0.6) is 5.75 Å². The number of ether oxygens (including phenoxy) is 1. The average molecular weight is 367 g/mol. The number of carbonyl (C=O) groups excluding carboxylic acids is 2. The van der Waals surface area contributed by atoms with Crippen LogP contribution in [0.15, 0.2) is 48.5 Å². The molecule has 3 rings (SSSR count). The minimum absolute atomic E-state index is 0.135. The fraction of sp³-hybridized carbons (Fsp3) is 0.105. The molecular formula is C19H17N3O3S. The highest BCUT2D eigenvalue weighted by Crippen LogP contribution is 2.28. The predicted octanol–water partition coefficient (Wildman–Crippen LogP) is 3.92. The number of nitrogens with zero attached hydrogens (tertiary/aromatic N) is 1. The number of hydrogen-bond donors (Lipinski definition) is 2. The molecule has 0 fully saturated rings. The van der Waals surface area contributed by atoms with Crippen LogP contribution in [0, 0.1) is 0 Å². The van der Waals surface area contributed by atoms with Crippen molar-refractivity contribution in [2.45, 2.75) is 6.92 Å². The summed E-state index contributed by atoms with van der Waals surface area (Å²) in [6.07, 6.45) is 3.13. The summed E-state index contributed by atoms with van der Waals surface area (Å²) in [4.78, 5) is 27.7. The van der Waals surface area contributed by atoms with E-state index in [9.17, 15) is 9.59 Å². The number of anilines is 2. The number of benzene rings is 2. The molecule has 2 N–H and O–H groups in total. The minimum Gasteiger partial charge on any atom is -0.496 e. The number of thiazole rings is 1. The Morgan fingerprint density at radius 2 is 1.96 bits per heavy atom. The molecule has 1 heterocycles. The van der Waals surface area contributed by atoms with Gasteiger partial charge in [0.15, 0.2) is 5.13 Å². The number of rotatable bonds is 5. The van der Waals surface area contributed by atoms with E-state index in [-0.39, 0.29) is 11.8 Å². The molecule has 1 aromatic heterocycles. The Kier molecular flexibility index (Phi) is 5.28. The number of methoxy groups -OCH3 is 1. The second-order valence-electron chi connectivity index (χ2n) is 5.45. The Bertz CT molecular complexity index is 995. The van der Waals surface area contributed by atoms with Crippen LogP contribution in [0.2, 0.25) is 0 Å². The van der Waals surface area contributed by atoms with Crippen LogP contribution in [0.3, 0.4) is 0 Å². The molecule has 3 aromatic rings. The Hall–Kier alpha value is -3.19. The van der Waals surface area contributed by atoms with Gasteiger partial charge in [-0.3, -0.25) is 14.9 Å². The van der Waals surface area contributed by atoms with Gasteiger partial charge in [0.05, 0.1) is 17.3 Å². The van der Waals surface area contributed by atoms with Gasteiger partial charge in [-0.25, -0.2) is 4.98 Å². The van der Waals surface area contributed by atoms with E-state index in [1.165, 1.54) is 24.3 Å². The van der Waals surface area contributed by atoms with Gasteiger partial charge in [-0.05, 0) is 30.3 Å². The van der Waals surface area contributed by atoms with E-state index >= 15 is 0 Å². The van der Waals surface area contributed by atoms with Crippen molar-refractivity contribution in [3.8, 4) is 5.75 Å². The lowest BCUT2D eigenvalue weighted by Crippen LogP contribution is -2.07. The predicted molar refractivity (Wildman–Crippen MR) is 105 cm³/mol. The number of aromatic nitrogens is 1. The van der Waals surface area contributed by atoms with E-state index in [0.29, 0.717) is 16.6 Å². The van der Waals surface area contributed by atoms with Gasteiger partial charge in [-0.15, -0.1) is 0 Å². The lowest BCUT2D eigenvalue weighted by Gasteiger charge is -2.03. The first-order chi connectivity index (χ1) is 12.5. The number of hydrogen-bond acceptors (Lipinski definition) is 5. The molecule has 0 unspecified atom stereocenters. The van der Waals surface area contributed by atoms with Gasteiger partial charge in [0.25, 0.3) is 0 Å². The van der Waals surface area contributed by atoms with Gasteiger partial charge in [0, 0.05) is 24.3 Å². The van der Waals surface area contributed by atoms with Crippen molar-refractivity contribution in [3.05, 3.63) is 54.1 Å². The maximum atomic E-state index is 12.1. The molecule has 0 radical (unpaired) electrons. The number of para-hydroxylation sites is 1. The van der Waals surface area contributed by atoms with Crippen LogP contribution in [0.25, 0.3) is 16.3 Å². The summed E-state index contributed by atoms with van der Waals surface area (Å²) in [7, 11) is 1.59. The third kappa shape index (κ3) is 4.25. The first kappa shape index (κ1) is 17.6. The highest BCUT2D eigenvalue weighted by molar-refractivity contribution is 7.22. The number of carbonyl (C=O) groups is 2. The quantitative estimate of drug-likeness (QED) is 0.670. The summed E-state index contributed by atoms with van der Waals surface area (Å²) in [5.41, 5.74) is 2.27. The molecule has 0 atom stereocenters. The first-order valence-electron chi connectivity index (χ1n) is 7.85. The van der Waals surface area contributed by atoms with Crippen LogP contribution in [-0.2, 0) is 9.59 Å². The Morgan fingerprint density at radius 1 is 1.15 bits per heavy atom. The van der Waals surface area contributed by atoms with Gasteiger partial charge in [0.2, 0.25) is 11.8 Å². The molecule has 0 aliphatic rings. The monoisotopic (exact) mass is 367 g/mol. The molecule has 0 bridgehead atoms. The molecule has 6 nitrogen and oxygen atoms in total. The maximum absolute atomic E-state index is 12.1. The van der Waals surface area contributed by atoms with Crippen LogP contribution in [0.4, 0.5) is 10.8 Å². The highest BCUT2D eigenvalue weighted by Gasteiger charge is 2.07. The van der Waals surface area contributed by atoms with E-state index in [1.807, 2.05) is 30.3 Å². The lowest BCUT2D eigenvalue weighted by atomic mass is 10.2. The number of amides is 2. The van der Waals surface area contributed by atoms with Crippen molar-refractivity contribution >= 4 is 50.3 Å². The smallest absolute Gasteiger partial charge is 0.250 e. The van der Waals surface area contributed by atoms with E-state index in [0.717, 1.165) is 15.8 Å². The molecule has 132 valence electrons. The van der Waals surface area contributed by atoms with Crippen molar-refractivity contribution in [3.63, 3.8) is 0 Å². The molecule has 0 aliphatic carbocycles. The molecule has 2 amide bonds. The summed E-state index contributed by atoms with van der Waals surface area (Å²) >= 11 is 1.34. The third-order valence-electron chi connectivity index (χ3n) is 3.49. The fourth-order valence-electron chi connectivity index (χ4n) is 2.38. The molecule has 0 saturated heterocycles. The number of nitrogens with one attached hydrogen (secondary N) is 2. The van der Waals surface area contributed by atoms with Gasteiger partial charge in [-0.2, -0.15) is 0 Å². The van der Waals surface area contributed by atoms with Gasteiger partial charge in [0.1, 0.15) is 5.75 Å². The summed E-state index contributed by atoms with van der Waals surface area (Å²) in [6, 6.07) is 12.8. The number of fused-ring (bicyclic) bond motifs is 1. The van der Waals surface area contributed by atoms with Gasteiger partial charge >= 0.3 is 0 Å². The molecule has 0 spiro atoms. The summed E-state index contributed by atoms with van der Waals surface area (Å²) < 4.78 is 6.13. The van der Waals surface area contributed by atoms with Crippen molar-refractivity contribution in [2.24, 2.45) is 0 Å². The zero-order valence-electron chi connectivity index (χ0n) is 14.3. The molecule has 0 aliphatic heterocycles. The molecule has 7 heteroatoms. The molecule has 26 heavy (non-hydrogen) atoms. The van der Waals surface area contributed by atoms with Gasteiger partial charge in [-0.1, -0.05) is 29.5 Å². The van der Waals surface area contributed by atoms with Crippen LogP contribution < -0.4 is 15.4 Å². The Morgan fingerprint density at radius 3 is 2.73 bits per heavy atom. The van der Waals surface area contributed by atoms with E-state index in [2.05, 4.69) is 15.6 Å². The summed E-state index contributed by atoms with van der Waals surface area (Å²) in [5, 5.41) is 5.97.